The third-order valence-electron chi connectivity index (χ3n) is 5.36. The Labute approximate surface area is 149 Å². The standard InChI is InChI=1S/C20H28N2O3/c1-3-18-13-21(15-20-4-2-9-25-20)14-19(22(18)8-1)7-12-24-16-17-5-10-23-11-6-17/h1-4,8-9,17,19H,5-7,10-16H2/t19-/m0/s1. The van der Waals surface area contributed by atoms with E-state index in [0.29, 0.717) is 12.0 Å². The molecule has 2 aliphatic heterocycles. The van der Waals surface area contributed by atoms with E-state index in [9.17, 15) is 0 Å². The number of rotatable bonds is 7. The van der Waals surface area contributed by atoms with Gasteiger partial charge in [-0.05, 0) is 49.4 Å². The third kappa shape index (κ3) is 4.35. The van der Waals surface area contributed by atoms with E-state index in [1.165, 1.54) is 5.69 Å². The molecule has 0 amide bonds. The second kappa shape index (κ2) is 8.21. The summed E-state index contributed by atoms with van der Waals surface area (Å²) in [4.78, 5) is 2.47. The Kier molecular flexibility index (Phi) is 5.55. The molecule has 0 aliphatic carbocycles. The Hall–Kier alpha value is -1.56. The number of nitrogens with zero attached hydrogens (tertiary/aromatic N) is 2. The van der Waals surface area contributed by atoms with Crippen molar-refractivity contribution in [1.29, 1.82) is 0 Å². The van der Waals surface area contributed by atoms with E-state index in [1.54, 1.807) is 6.26 Å². The van der Waals surface area contributed by atoms with Gasteiger partial charge in [0.1, 0.15) is 5.76 Å². The lowest BCUT2D eigenvalue weighted by Gasteiger charge is -2.34. The highest BCUT2D eigenvalue weighted by atomic mass is 16.5. The summed E-state index contributed by atoms with van der Waals surface area (Å²) in [6, 6.07) is 8.87. The summed E-state index contributed by atoms with van der Waals surface area (Å²) < 4.78 is 19.4. The molecule has 4 rings (SSSR count). The van der Waals surface area contributed by atoms with Gasteiger partial charge in [0.25, 0.3) is 0 Å². The molecule has 0 saturated carbocycles. The fraction of sp³-hybridized carbons (Fsp3) is 0.600. The Bertz CT molecular complexity index is 631. The summed E-state index contributed by atoms with van der Waals surface area (Å²) >= 11 is 0. The van der Waals surface area contributed by atoms with Gasteiger partial charge in [-0.3, -0.25) is 4.90 Å². The van der Waals surface area contributed by atoms with Crippen molar-refractivity contribution in [3.8, 4) is 0 Å². The van der Waals surface area contributed by atoms with Gasteiger partial charge >= 0.3 is 0 Å². The summed E-state index contributed by atoms with van der Waals surface area (Å²) in [5.41, 5.74) is 1.38. The molecule has 4 heterocycles. The van der Waals surface area contributed by atoms with Crippen molar-refractivity contribution in [2.24, 2.45) is 5.92 Å². The van der Waals surface area contributed by atoms with Gasteiger partial charge < -0.3 is 18.5 Å². The minimum Gasteiger partial charge on any atom is -0.468 e. The monoisotopic (exact) mass is 344 g/mol. The molecule has 0 aromatic carbocycles. The third-order valence-corrected chi connectivity index (χ3v) is 5.36. The molecular formula is C20H28N2O3. The van der Waals surface area contributed by atoms with Crippen LogP contribution in [0.25, 0.3) is 0 Å². The first-order valence-corrected chi connectivity index (χ1v) is 9.44. The van der Waals surface area contributed by atoms with Crippen LogP contribution in [0.4, 0.5) is 0 Å². The van der Waals surface area contributed by atoms with E-state index in [0.717, 1.165) is 71.1 Å². The van der Waals surface area contributed by atoms with Gasteiger partial charge in [0.15, 0.2) is 0 Å². The average molecular weight is 344 g/mol. The van der Waals surface area contributed by atoms with E-state index >= 15 is 0 Å². The van der Waals surface area contributed by atoms with Gasteiger partial charge in [-0.15, -0.1) is 0 Å². The van der Waals surface area contributed by atoms with Gasteiger partial charge in [0.05, 0.1) is 12.8 Å². The van der Waals surface area contributed by atoms with Gasteiger partial charge in [0, 0.05) is 57.4 Å². The Balaban J connectivity index is 1.29. The molecule has 0 spiro atoms. The number of ether oxygens (including phenoxy) is 2. The van der Waals surface area contributed by atoms with E-state index in [2.05, 4.69) is 33.9 Å². The zero-order valence-electron chi connectivity index (χ0n) is 14.8. The normalized spacial score (nSPS) is 22.2. The molecular weight excluding hydrogens is 316 g/mol. The largest absolute Gasteiger partial charge is 0.468 e. The summed E-state index contributed by atoms with van der Waals surface area (Å²) in [6.07, 6.45) is 7.30. The lowest BCUT2D eigenvalue weighted by Crippen LogP contribution is -2.37. The van der Waals surface area contributed by atoms with Crippen LogP contribution in [0.2, 0.25) is 0 Å². The van der Waals surface area contributed by atoms with Crippen molar-refractivity contribution in [2.45, 2.75) is 38.4 Å². The van der Waals surface area contributed by atoms with E-state index < -0.39 is 0 Å². The highest BCUT2D eigenvalue weighted by Crippen LogP contribution is 2.26. The van der Waals surface area contributed by atoms with Crippen molar-refractivity contribution < 1.29 is 13.9 Å². The van der Waals surface area contributed by atoms with Crippen molar-refractivity contribution in [3.63, 3.8) is 0 Å². The smallest absolute Gasteiger partial charge is 0.117 e. The Morgan fingerprint density at radius 2 is 2.08 bits per heavy atom. The topological polar surface area (TPSA) is 39.8 Å². The first-order valence-electron chi connectivity index (χ1n) is 9.44. The van der Waals surface area contributed by atoms with Crippen LogP contribution in [0.3, 0.4) is 0 Å². The van der Waals surface area contributed by atoms with Gasteiger partial charge in [-0.2, -0.15) is 0 Å². The summed E-state index contributed by atoms with van der Waals surface area (Å²) in [7, 11) is 0. The lowest BCUT2D eigenvalue weighted by atomic mass is 10.0. The van der Waals surface area contributed by atoms with Crippen molar-refractivity contribution >= 4 is 0 Å². The molecule has 0 N–H and O–H groups in total. The van der Waals surface area contributed by atoms with E-state index in [1.807, 2.05) is 6.07 Å². The van der Waals surface area contributed by atoms with Crippen LogP contribution in [0.5, 0.6) is 0 Å². The van der Waals surface area contributed by atoms with Crippen LogP contribution in [0, 0.1) is 5.92 Å². The van der Waals surface area contributed by atoms with Crippen molar-refractivity contribution in [3.05, 3.63) is 48.2 Å². The van der Waals surface area contributed by atoms with Crippen LogP contribution >= 0.6 is 0 Å². The van der Waals surface area contributed by atoms with Crippen LogP contribution in [0.15, 0.2) is 41.1 Å². The van der Waals surface area contributed by atoms with Crippen LogP contribution in [-0.4, -0.2) is 42.4 Å². The average Bonchev–Trinajstić information content (AvgIpc) is 3.31. The van der Waals surface area contributed by atoms with E-state index in [-0.39, 0.29) is 0 Å². The van der Waals surface area contributed by atoms with Crippen LogP contribution < -0.4 is 0 Å². The minimum atomic E-state index is 0.475. The fourth-order valence-electron chi connectivity index (χ4n) is 3.96. The zero-order chi connectivity index (χ0) is 16.9. The molecule has 136 valence electrons. The highest BCUT2D eigenvalue weighted by molar-refractivity contribution is 5.12. The van der Waals surface area contributed by atoms with Crippen molar-refractivity contribution in [2.75, 3.05) is 33.0 Å². The molecule has 1 fully saturated rings. The SMILES string of the molecule is c1coc(CN2Cc3cccn3[C@@H](CCOCC3CCOCC3)C2)c1. The van der Waals surface area contributed by atoms with Gasteiger partial charge in [0.2, 0.25) is 0 Å². The maximum absolute atomic E-state index is 6.00. The van der Waals surface area contributed by atoms with E-state index in [4.69, 9.17) is 13.9 Å². The maximum atomic E-state index is 6.00. The first-order chi connectivity index (χ1) is 12.4. The maximum Gasteiger partial charge on any atom is 0.117 e. The molecule has 2 aromatic rings. The number of furan rings is 1. The number of hydrogen-bond acceptors (Lipinski definition) is 4. The molecule has 0 bridgehead atoms. The highest BCUT2D eigenvalue weighted by Gasteiger charge is 2.25. The second-order valence-corrected chi connectivity index (χ2v) is 7.23. The zero-order valence-corrected chi connectivity index (χ0v) is 14.8. The fourth-order valence-corrected chi connectivity index (χ4v) is 3.96. The summed E-state index contributed by atoms with van der Waals surface area (Å²) in [5.74, 6) is 1.72. The molecule has 0 unspecified atom stereocenters. The number of fused-ring (bicyclic) bond motifs is 1. The molecule has 5 heteroatoms. The molecule has 25 heavy (non-hydrogen) atoms. The number of aromatic nitrogens is 1. The molecule has 2 aliphatic rings. The second-order valence-electron chi connectivity index (χ2n) is 7.23. The summed E-state index contributed by atoms with van der Waals surface area (Å²) in [6.45, 7) is 6.39. The predicted octanol–water partition coefficient (Wildman–Crippen LogP) is 3.47. The molecule has 5 nitrogen and oxygen atoms in total. The van der Waals surface area contributed by atoms with Gasteiger partial charge in [-0.25, -0.2) is 0 Å². The minimum absolute atomic E-state index is 0.475. The first kappa shape index (κ1) is 16.9. The molecule has 0 radical (unpaired) electrons. The molecule has 2 aromatic heterocycles. The van der Waals surface area contributed by atoms with Crippen LogP contribution in [-0.2, 0) is 22.6 Å². The summed E-state index contributed by atoms with van der Waals surface area (Å²) in [5, 5.41) is 0. The van der Waals surface area contributed by atoms with Crippen molar-refractivity contribution in [1.82, 2.24) is 9.47 Å². The Morgan fingerprint density at radius 3 is 2.92 bits per heavy atom. The van der Waals surface area contributed by atoms with Gasteiger partial charge in [-0.1, -0.05) is 0 Å². The number of hydrogen-bond donors (Lipinski definition) is 0. The van der Waals surface area contributed by atoms with Crippen LogP contribution in [0.1, 0.15) is 36.8 Å². The quantitative estimate of drug-likeness (QED) is 0.721. The molecule has 1 saturated heterocycles. The molecule has 1 atom stereocenters. The Morgan fingerprint density at radius 1 is 1.16 bits per heavy atom. The lowest BCUT2D eigenvalue weighted by molar-refractivity contribution is 0.0159. The predicted molar refractivity (Wildman–Crippen MR) is 95.3 cm³/mol.